The van der Waals surface area contributed by atoms with E-state index in [1.165, 1.54) is 21.9 Å². The smallest absolute Gasteiger partial charge is 0.409 e. The number of hydrogen-bond donors (Lipinski definition) is 3. The van der Waals surface area contributed by atoms with Gasteiger partial charge in [0, 0.05) is 81.0 Å². The number of aromatic nitrogens is 2. The first-order chi connectivity index (χ1) is 31.0. The lowest BCUT2D eigenvalue weighted by atomic mass is 9.84. The van der Waals surface area contributed by atoms with Crippen LogP contribution < -0.4 is 10.7 Å². The molecular formula is C49H63N7O9. The van der Waals surface area contributed by atoms with E-state index < -0.39 is 53.3 Å². The number of likely N-dealkylation sites (tertiary alicyclic amines) is 1. The van der Waals surface area contributed by atoms with Crippen LogP contribution >= 0.6 is 0 Å². The molecule has 0 saturated carbocycles. The van der Waals surface area contributed by atoms with E-state index in [0.29, 0.717) is 56.5 Å². The third-order valence-corrected chi connectivity index (χ3v) is 12.9. The highest BCUT2D eigenvalue weighted by Gasteiger charge is 2.40. The molecule has 3 N–H and O–H groups in total. The standard InChI is InChI=1S/C49H63N7O9/c1-9-55-41-13-12-31-23-36(41)37(43(55)38-25-50-16-14-33(38)27-63-7)24-49(4,5)28-65-47(61)39-11-10-17-56(52-39)46(60)40(21-30-19-34(31)22-35(57)20-30)51-44(58)42(29(2)3)53(6)45(59)32-15-18-54(26-32)48(62)64-8/h12-14,16,19-20,22-23,25,29,32,39-40,42,52,57H,9-11,15,17-18,21,24,26-28H2,1-8H3,(H,51,58)/t32-,39-,40-,42-/m0/s1. The number of methoxy groups -OCH3 is 2. The zero-order valence-corrected chi connectivity index (χ0v) is 38.8. The number of phenols is 1. The molecule has 3 aliphatic rings. The number of phenolic OH excluding ortho intramolecular Hbond substituents is 1. The van der Waals surface area contributed by atoms with Crippen LogP contribution in [0, 0.1) is 17.3 Å². The van der Waals surface area contributed by atoms with Crippen LogP contribution in [0.1, 0.15) is 70.6 Å². The molecule has 4 amide bonds. The van der Waals surface area contributed by atoms with Crippen LogP contribution in [-0.2, 0) is 59.4 Å². The Morgan fingerprint density at radius 1 is 1.06 bits per heavy atom. The molecule has 7 rings (SSSR count). The van der Waals surface area contributed by atoms with Gasteiger partial charge in [0.25, 0.3) is 5.91 Å². The van der Waals surface area contributed by atoms with E-state index in [1.54, 1.807) is 32.5 Å². The topological polar surface area (TPSA) is 185 Å². The number of carbonyl (C=O) groups is 5. The summed E-state index contributed by atoms with van der Waals surface area (Å²) < 4.78 is 18.9. The number of amides is 4. The third kappa shape index (κ3) is 9.98. The van der Waals surface area contributed by atoms with Gasteiger partial charge in [0.15, 0.2) is 0 Å². The molecule has 2 aromatic heterocycles. The van der Waals surface area contributed by atoms with Gasteiger partial charge < -0.3 is 39.0 Å². The van der Waals surface area contributed by atoms with Crippen molar-refractivity contribution in [2.45, 2.75) is 98.0 Å². The average molecular weight is 894 g/mol. The van der Waals surface area contributed by atoms with E-state index in [0.717, 1.165) is 38.9 Å². The van der Waals surface area contributed by atoms with Crippen molar-refractivity contribution >= 4 is 40.7 Å². The van der Waals surface area contributed by atoms with Crippen LogP contribution in [0.4, 0.5) is 4.79 Å². The molecule has 2 fully saturated rings. The van der Waals surface area contributed by atoms with Crippen LogP contribution in [0.25, 0.3) is 33.3 Å². The maximum Gasteiger partial charge on any atom is 0.409 e. The van der Waals surface area contributed by atoms with Crippen LogP contribution in [0.5, 0.6) is 5.75 Å². The number of rotatable bonds is 9. The van der Waals surface area contributed by atoms with E-state index in [2.05, 4.69) is 53.2 Å². The molecule has 2 aromatic carbocycles. The van der Waals surface area contributed by atoms with Crippen molar-refractivity contribution in [3.8, 4) is 28.1 Å². The molecule has 4 aromatic rings. The number of nitrogens with zero attached hydrogens (tertiary/aromatic N) is 5. The van der Waals surface area contributed by atoms with E-state index in [-0.39, 0.29) is 43.7 Å². The maximum atomic E-state index is 14.7. The van der Waals surface area contributed by atoms with Crippen molar-refractivity contribution in [1.29, 1.82) is 0 Å². The van der Waals surface area contributed by atoms with Gasteiger partial charge >= 0.3 is 12.1 Å². The van der Waals surface area contributed by atoms with Crippen LogP contribution in [0.3, 0.4) is 0 Å². The number of aromatic hydroxyl groups is 1. The Bertz CT molecular complexity index is 2450. The van der Waals surface area contributed by atoms with Gasteiger partial charge in [0.05, 0.1) is 31.9 Å². The first kappa shape index (κ1) is 47.0. The van der Waals surface area contributed by atoms with Gasteiger partial charge in [0.2, 0.25) is 11.8 Å². The molecular weight excluding hydrogens is 831 g/mol. The van der Waals surface area contributed by atoms with Crippen LogP contribution in [0.15, 0.2) is 54.9 Å². The lowest BCUT2D eigenvalue weighted by Gasteiger charge is -2.37. The Hall–Kier alpha value is -6.00. The molecule has 0 aliphatic carbocycles. The van der Waals surface area contributed by atoms with Crippen molar-refractivity contribution in [3.63, 3.8) is 0 Å². The minimum atomic E-state index is -1.17. The molecule has 0 spiro atoms. The van der Waals surface area contributed by atoms with E-state index >= 15 is 0 Å². The quantitative estimate of drug-likeness (QED) is 0.181. The molecule has 3 aliphatic heterocycles. The SMILES string of the molecule is CCn1c(-c2cnccc2COC)c2c3cc(ccc31)-c1cc(O)cc(c1)C[C@H](NC(=O)[C@H](C(C)C)N(C)C(=O)[C@H]1CCN(C(=O)OC)C1)C(=O)N1CCC[C@H](N1)C(=O)OCC(C)(C)C2. The fraction of sp³-hybridized carbons (Fsp3) is 0.510. The molecule has 65 heavy (non-hydrogen) atoms. The van der Waals surface area contributed by atoms with E-state index in [9.17, 15) is 29.1 Å². The zero-order chi connectivity index (χ0) is 46.7. The number of carbonyl (C=O) groups excluding carboxylic acids is 5. The lowest BCUT2D eigenvalue weighted by Crippen LogP contribution is -2.62. The largest absolute Gasteiger partial charge is 0.508 e. The van der Waals surface area contributed by atoms with Gasteiger partial charge in [-0.1, -0.05) is 39.8 Å². The second-order valence-corrected chi connectivity index (χ2v) is 18.7. The Labute approximate surface area is 380 Å². The zero-order valence-electron chi connectivity index (χ0n) is 38.8. The van der Waals surface area contributed by atoms with E-state index in [4.69, 9.17) is 14.2 Å². The Kier molecular flexibility index (Phi) is 14.2. The van der Waals surface area contributed by atoms with Crippen LogP contribution in [0.2, 0.25) is 0 Å². The second kappa shape index (κ2) is 19.6. The average Bonchev–Trinajstić information content (AvgIpc) is 3.90. The summed E-state index contributed by atoms with van der Waals surface area (Å²) in [4.78, 5) is 76.5. The Morgan fingerprint density at radius 3 is 2.57 bits per heavy atom. The predicted molar refractivity (Wildman–Crippen MR) is 244 cm³/mol. The van der Waals surface area contributed by atoms with Gasteiger partial charge in [-0.2, -0.15) is 0 Å². The summed E-state index contributed by atoms with van der Waals surface area (Å²) in [5, 5.41) is 16.7. The molecule has 5 heterocycles. The summed E-state index contributed by atoms with van der Waals surface area (Å²) in [6.45, 7) is 11.9. The number of nitrogens with one attached hydrogen (secondary N) is 2. The number of fused-ring (bicyclic) bond motifs is 6. The van der Waals surface area contributed by atoms with Gasteiger partial charge in [-0.3, -0.25) is 29.2 Å². The Morgan fingerprint density at radius 2 is 1.85 bits per heavy atom. The van der Waals surface area contributed by atoms with Crippen molar-refractivity contribution < 1.29 is 43.3 Å². The number of ether oxygens (including phenoxy) is 3. The number of cyclic esters (lactones) is 1. The van der Waals surface area contributed by atoms with Crippen molar-refractivity contribution in [3.05, 3.63) is 71.5 Å². The summed E-state index contributed by atoms with van der Waals surface area (Å²) in [5.41, 5.74) is 9.70. The minimum Gasteiger partial charge on any atom is -0.508 e. The second-order valence-electron chi connectivity index (χ2n) is 18.7. The number of pyridine rings is 1. The van der Waals surface area contributed by atoms with Crippen LogP contribution in [-0.4, -0.2) is 125 Å². The van der Waals surface area contributed by atoms with Crippen molar-refractivity contribution in [1.82, 2.24) is 35.1 Å². The van der Waals surface area contributed by atoms with Gasteiger partial charge in [-0.15, -0.1) is 0 Å². The minimum absolute atomic E-state index is 0.0141. The summed E-state index contributed by atoms with van der Waals surface area (Å²) in [7, 11) is 4.53. The fourth-order valence-electron chi connectivity index (χ4n) is 9.80. The first-order valence-corrected chi connectivity index (χ1v) is 22.6. The van der Waals surface area contributed by atoms with Crippen molar-refractivity contribution in [2.75, 3.05) is 47.5 Å². The molecule has 0 unspecified atom stereocenters. The molecule has 0 radical (unpaired) electrons. The number of aryl methyl sites for hydroxylation is 1. The third-order valence-electron chi connectivity index (χ3n) is 12.9. The summed E-state index contributed by atoms with van der Waals surface area (Å²) in [5.74, 6) is -2.69. The molecule has 4 atom stereocenters. The highest BCUT2D eigenvalue weighted by Crippen LogP contribution is 2.41. The maximum absolute atomic E-state index is 14.7. The number of likely N-dealkylation sites (N-methyl/N-ethyl adjacent to an activating group) is 1. The van der Waals surface area contributed by atoms with Gasteiger partial charge in [0.1, 0.15) is 23.9 Å². The van der Waals surface area contributed by atoms with E-state index in [1.807, 2.05) is 38.2 Å². The Balaban J connectivity index is 1.30. The molecule has 348 valence electrons. The normalized spacial score (nSPS) is 20.6. The van der Waals surface area contributed by atoms with Gasteiger partial charge in [-0.05, 0) is 96.7 Å². The highest BCUT2D eigenvalue weighted by molar-refractivity contribution is 5.96. The fourth-order valence-corrected chi connectivity index (χ4v) is 9.80. The molecule has 16 nitrogen and oxygen atoms in total. The monoisotopic (exact) mass is 893 g/mol. The predicted octanol–water partition coefficient (Wildman–Crippen LogP) is 5.46. The van der Waals surface area contributed by atoms with Gasteiger partial charge in [-0.25, -0.2) is 10.2 Å². The molecule has 2 saturated heterocycles. The number of esters is 1. The summed E-state index contributed by atoms with van der Waals surface area (Å²) in [6, 6.07) is 10.4. The number of benzene rings is 2. The first-order valence-electron chi connectivity index (χ1n) is 22.6. The lowest BCUT2D eigenvalue weighted by molar-refractivity contribution is -0.155. The summed E-state index contributed by atoms with van der Waals surface area (Å²) >= 11 is 0. The highest BCUT2D eigenvalue weighted by atomic mass is 16.5. The molecule has 6 bridgehead atoms. The van der Waals surface area contributed by atoms with Crippen molar-refractivity contribution in [2.24, 2.45) is 17.3 Å². The summed E-state index contributed by atoms with van der Waals surface area (Å²) in [6.07, 6.45) is 5.02. The number of hydrogen-bond acceptors (Lipinski definition) is 11. The molecule has 16 heteroatoms. The number of hydrazine groups is 1.